The third-order valence-corrected chi connectivity index (χ3v) is 5.65. The van der Waals surface area contributed by atoms with Crippen LogP contribution >= 0.6 is 0 Å². The van der Waals surface area contributed by atoms with Gasteiger partial charge in [-0.15, -0.1) is 0 Å². The number of carbonyl (C=O) groups excluding carboxylic acids is 1. The van der Waals surface area contributed by atoms with Crippen LogP contribution in [0.3, 0.4) is 0 Å². The number of anilines is 2. The maximum Gasteiger partial charge on any atom is 0.227 e. The van der Waals surface area contributed by atoms with Crippen LogP contribution in [-0.2, 0) is 14.6 Å². The Labute approximate surface area is 139 Å². The molecule has 1 aliphatic heterocycles. The summed E-state index contributed by atoms with van der Waals surface area (Å²) in [5.41, 5.74) is 5.88. The fourth-order valence-corrected chi connectivity index (χ4v) is 3.77. The number of hydrogen-bond donors (Lipinski definition) is 1. The predicted molar refractivity (Wildman–Crippen MR) is 88.2 cm³/mol. The fourth-order valence-electron chi connectivity index (χ4n) is 2.49. The summed E-state index contributed by atoms with van der Waals surface area (Å²) in [7, 11) is -3.75. The quantitative estimate of drug-likeness (QED) is 0.785. The number of benzene rings is 1. The Kier molecular flexibility index (Phi) is 4.34. The van der Waals surface area contributed by atoms with E-state index in [0.29, 0.717) is 32.1 Å². The van der Waals surface area contributed by atoms with Crippen LogP contribution in [0.15, 0.2) is 46.3 Å². The Morgan fingerprint density at radius 2 is 1.75 bits per heavy atom. The molecule has 1 saturated heterocycles. The number of amides is 1. The van der Waals surface area contributed by atoms with E-state index in [0.717, 1.165) is 6.41 Å². The highest BCUT2D eigenvalue weighted by molar-refractivity contribution is 7.91. The van der Waals surface area contributed by atoms with Crippen molar-refractivity contribution in [2.75, 3.05) is 36.8 Å². The minimum Gasteiger partial charge on any atom is -0.382 e. The van der Waals surface area contributed by atoms with Crippen LogP contribution in [0, 0.1) is 0 Å². The second-order valence-electron chi connectivity index (χ2n) is 5.36. The molecule has 0 saturated carbocycles. The van der Waals surface area contributed by atoms with Crippen molar-refractivity contribution in [1.82, 2.24) is 14.9 Å². The lowest BCUT2D eigenvalue weighted by molar-refractivity contribution is -0.118. The predicted octanol–water partition coefficient (Wildman–Crippen LogP) is 0.170. The smallest absolute Gasteiger partial charge is 0.227 e. The number of nitrogens with two attached hydrogens (primary N) is 1. The van der Waals surface area contributed by atoms with Crippen molar-refractivity contribution in [2.24, 2.45) is 0 Å². The molecule has 3 rings (SSSR count). The summed E-state index contributed by atoms with van der Waals surface area (Å²) < 4.78 is 25.2. The van der Waals surface area contributed by atoms with Crippen molar-refractivity contribution in [1.29, 1.82) is 0 Å². The molecule has 0 atom stereocenters. The molecule has 0 unspecified atom stereocenters. The molecule has 0 radical (unpaired) electrons. The van der Waals surface area contributed by atoms with Gasteiger partial charge in [0.15, 0.2) is 0 Å². The number of aromatic nitrogens is 2. The lowest BCUT2D eigenvalue weighted by atomic mass is 10.3. The zero-order chi connectivity index (χ0) is 17.2. The first kappa shape index (κ1) is 16.2. The molecule has 0 spiro atoms. The van der Waals surface area contributed by atoms with E-state index in [1.165, 1.54) is 18.3 Å². The van der Waals surface area contributed by atoms with E-state index in [4.69, 9.17) is 5.73 Å². The molecule has 2 heterocycles. The topological polar surface area (TPSA) is 109 Å². The van der Waals surface area contributed by atoms with Crippen LogP contribution in [-0.4, -0.2) is 55.9 Å². The second-order valence-corrected chi connectivity index (χ2v) is 7.28. The third kappa shape index (κ3) is 3.02. The number of piperazine rings is 1. The van der Waals surface area contributed by atoms with E-state index in [9.17, 15) is 13.2 Å². The van der Waals surface area contributed by atoms with Gasteiger partial charge in [0.05, 0.1) is 11.1 Å². The minimum atomic E-state index is -3.75. The van der Waals surface area contributed by atoms with E-state index in [1.807, 2.05) is 4.90 Å². The van der Waals surface area contributed by atoms with E-state index < -0.39 is 9.84 Å². The first-order valence-corrected chi connectivity index (χ1v) is 8.87. The molecule has 2 N–H and O–H groups in total. The SMILES string of the molecule is Nc1nc(N2CCN(C=O)CC2)ncc1S(=O)(=O)c1ccccc1. The number of nitrogens with zero attached hydrogens (tertiary/aromatic N) is 4. The molecule has 1 aromatic carbocycles. The molecule has 1 amide bonds. The van der Waals surface area contributed by atoms with E-state index in [2.05, 4.69) is 9.97 Å². The van der Waals surface area contributed by atoms with Crippen LogP contribution in [0.25, 0.3) is 0 Å². The molecule has 1 fully saturated rings. The van der Waals surface area contributed by atoms with Crippen molar-refractivity contribution >= 4 is 28.0 Å². The van der Waals surface area contributed by atoms with Crippen LogP contribution in [0.5, 0.6) is 0 Å². The highest BCUT2D eigenvalue weighted by Crippen LogP contribution is 2.25. The van der Waals surface area contributed by atoms with Gasteiger partial charge in [0, 0.05) is 26.2 Å². The second kappa shape index (κ2) is 6.44. The van der Waals surface area contributed by atoms with Gasteiger partial charge in [-0.25, -0.2) is 13.4 Å². The van der Waals surface area contributed by atoms with Crippen molar-refractivity contribution < 1.29 is 13.2 Å². The van der Waals surface area contributed by atoms with Gasteiger partial charge in [-0.1, -0.05) is 18.2 Å². The van der Waals surface area contributed by atoms with Crippen molar-refractivity contribution in [3.63, 3.8) is 0 Å². The summed E-state index contributed by atoms with van der Waals surface area (Å²) in [4.78, 5) is 22.6. The van der Waals surface area contributed by atoms with Crippen LogP contribution in [0.4, 0.5) is 11.8 Å². The van der Waals surface area contributed by atoms with Crippen LogP contribution in [0.2, 0.25) is 0 Å². The lowest BCUT2D eigenvalue weighted by Gasteiger charge is -2.32. The molecular weight excluding hydrogens is 330 g/mol. The average molecular weight is 347 g/mol. The molecule has 1 aromatic heterocycles. The van der Waals surface area contributed by atoms with Crippen LogP contribution in [0.1, 0.15) is 0 Å². The molecule has 8 nitrogen and oxygen atoms in total. The third-order valence-electron chi connectivity index (χ3n) is 3.86. The van der Waals surface area contributed by atoms with Crippen LogP contribution < -0.4 is 10.6 Å². The Bertz CT molecular complexity index is 833. The number of carbonyl (C=O) groups is 1. The highest BCUT2D eigenvalue weighted by atomic mass is 32.2. The first-order chi connectivity index (χ1) is 11.5. The van der Waals surface area contributed by atoms with Gasteiger partial charge in [0.2, 0.25) is 22.2 Å². The normalized spacial score (nSPS) is 15.3. The molecule has 1 aliphatic rings. The molecule has 24 heavy (non-hydrogen) atoms. The van der Waals surface area contributed by atoms with Gasteiger partial charge in [0.25, 0.3) is 0 Å². The Balaban J connectivity index is 1.87. The summed E-state index contributed by atoms with van der Waals surface area (Å²) in [6.45, 7) is 2.28. The molecule has 0 bridgehead atoms. The van der Waals surface area contributed by atoms with Crippen molar-refractivity contribution in [3.05, 3.63) is 36.5 Å². The van der Waals surface area contributed by atoms with Crippen molar-refractivity contribution in [2.45, 2.75) is 9.79 Å². The highest BCUT2D eigenvalue weighted by Gasteiger charge is 2.24. The molecule has 0 aliphatic carbocycles. The zero-order valence-electron chi connectivity index (χ0n) is 12.9. The molecule has 126 valence electrons. The summed E-state index contributed by atoms with van der Waals surface area (Å²) >= 11 is 0. The summed E-state index contributed by atoms with van der Waals surface area (Å²) in [6, 6.07) is 8.03. The van der Waals surface area contributed by atoms with Gasteiger partial charge >= 0.3 is 0 Å². The van der Waals surface area contributed by atoms with E-state index in [-0.39, 0.29) is 15.6 Å². The lowest BCUT2D eigenvalue weighted by Crippen LogP contribution is -2.46. The minimum absolute atomic E-state index is 0.0818. The Morgan fingerprint density at radius 3 is 2.33 bits per heavy atom. The monoisotopic (exact) mass is 347 g/mol. The maximum absolute atomic E-state index is 12.6. The molecule has 2 aromatic rings. The molecule has 9 heteroatoms. The Morgan fingerprint density at radius 1 is 1.08 bits per heavy atom. The standard InChI is InChI=1S/C15H17N5O3S/c16-14-13(24(22,23)12-4-2-1-3-5-12)10-17-15(18-14)20-8-6-19(11-21)7-9-20/h1-5,10-11H,6-9H2,(H2,16,17,18). The van der Waals surface area contributed by atoms with E-state index >= 15 is 0 Å². The number of sulfone groups is 1. The van der Waals surface area contributed by atoms with E-state index in [1.54, 1.807) is 23.1 Å². The number of rotatable bonds is 4. The fraction of sp³-hybridized carbons (Fsp3) is 0.267. The van der Waals surface area contributed by atoms with Gasteiger partial charge in [-0.3, -0.25) is 4.79 Å². The Hall–Kier alpha value is -2.68. The van der Waals surface area contributed by atoms with Gasteiger partial charge in [0.1, 0.15) is 10.7 Å². The van der Waals surface area contributed by atoms with Gasteiger partial charge in [-0.2, -0.15) is 4.98 Å². The largest absolute Gasteiger partial charge is 0.382 e. The van der Waals surface area contributed by atoms with Gasteiger partial charge < -0.3 is 15.5 Å². The summed E-state index contributed by atoms with van der Waals surface area (Å²) in [5, 5.41) is 0. The maximum atomic E-state index is 12.6. The number of hydrogen-bond acceptors (Lipinski definition) is 7. The average Bonchev–Trinajstić information content (AvgIpc) is 2.62. The first-order valence-electron chi connectivity index (χ1n) is 7.39. The summed E-state index contributed by atoms with van der Waals surface area (Å²) in [6.07, 6.45) is 2.05. The van der Waals surface area contributed by atoms with Gasteiger partial charge in [-0.05, 0) is 12.1 Å². The van der Waals surface area contributed by atoms with Crippen molar-refractivity contribution in [3.8, 4) is 0 Å². The summed E-state index contributed by atoms with van der Waals surface area (Å²) in [5.74, 6) is 0.284. The number of nitrogen functional groups attached to an aromatic ring is 1. The zero-order valence-corrected chi connectivity index (χ0v) is 13.7. The molecular formula is C15H17N5O3S.